The van der Waals surface area contributed by atoms with Gasteiger partial charge in [0.2, 0.25) is 0 Å². The molecule has 0 bridgehead atoms. The summed E-state index contributed by atoms with van der Waals surface area (Å²) in [5, 5.41) is 3.48. The number of rotatable bonds is 1. The van der Waals surface area contributed by atoms with E-state index in [0.717, 1.165) is 24.8 Å². The maximum absolute atomic E-state index is 6.46. The van der Waals surface area contributed by atoms with Gasteiger partial charge in [-0.3, -0.25) is 0 Å². The van der Waals surface area contributed by atoms with Gasteiger partial charge in [0, 0.05) is 24.3 Å². The molecule has 0 radical (unpaired) electrons. The Bertz CT molecular complexity index is 446. The van der Waals surface area contributed by atoms with Crippen LogP contribution in [-0.4, -0.2) is 18.7 Å². The zero-order chi connectivity index (χ0) is 12.0. The number of hydrogen-bond acceptors (Lipinski definition) is 2. The predicted molar refractivity (Wildman–Crippen MR) is 72.0 cm³/mol. The lowest BCUT2D eigenvalue weighted by molar-refractivity contribution is 0.00376. The molecular weight excluding hydrogens is 222 g/mol. The van der Waals surface area contributed by atoms with E-state index in [-0.39, 0.29) is 5.60 Å². The maximum Gasteiger partial charge on any atom is 0.123 e. The van der Waals surface area contributed by atoms with Crippen molar-refractivity contribution < 1.29 is 4.74 Å². The normalized spacial score (nSPS) is 29.7. The summed E-state index contributed by atoms with van der Waals surface area (Å²) in [6.45, 7) is 2.22. The lowest BCUT2D eigenvalue weighted by atomic mass is 9.64. The molecule has 3 aliphatic rings. The zero-order valence-electron chi connectivity index (χ0n) is 10.8. The molecule has 2 aliphatic heterocycles. The van der Waals surface area contributed by atoms with Gasteiger partial charge in [0.05, 0.1) is 0 Å². The standard InChI is InChI=1S/C16H21NO/c1-2-7-14-13(6-1)15(12-4-3-5-12)16(18-14)8-10-17-11-9-16/h1-2,6-7,12,15,17H,3-5,8-11H2/t15-/m1/s1. The Labute approximate surface area is 109 Å². The van der Waals surface area contributed by atoms with Gasteiger partial charge >= 0.3 is 0 Å². The first-order valence-corrected chi connectivity index (χ1v) is 7.38. The molecule has 0 amide bonds. The van der Waals surface area contributed by atoms with Crippen LogP contribution in [0.2, 0.25) is 0 Å². The number of nitrogens with one attached hydrogen (secondary N) is 1. The average Bonchev–Trinajstić information content (AvgIpc) is 2.63. The second kappa shape index (κ2) is 3.99. The molecule has 4 rings (SSSR count). The summed E-state index contributed by atoms with van der Waals surface area (Å²) >= 11 is 0. The first-order chi connectivity index (χ1) is 8.89. The van der Waals surface area contributed by atoms with Crippen LogP contribution in [0.5, 0.6) is 5.75 Å². The van der Waals surface area contributed by atoms with Gasteiger partial charge in [0.25, 0.3) is 0 Å². The van der Waals surface area contributed by atoms with Crippen molar-refractivity contribution in [1.29, 1.82) is 0 Å². The fourth-order valence-electron chi connectivity index (χ4n) is 4.12. The summed E-state index contributed by atoms with van der Waals surface area (Å²) in [6, 6.07) is 8.75. The average molecular weight is 243 g/mol. The molecule has 18 heavy (non-hydrogen) atoms. The summed E-state index contributed by atoms with van der Waals surface area (Å²) in [5.41, 5.74) is 1.60. The Balaban J connectivity index is 1.75. The van der Waals surface area contributed by atoms with Crippen molar-refractivity contribution in [3.05, 3.63) is 29.8 Å². The summed E-state index contributed by atoms with van der Waals surface area (Å²) in [6.07, 6.45) is 6.55. The minimum atomic E-state index is 0.111. The SMILES string of the molecule is c1ccc2c(c1)OC1(CCNCC1)[C@@H]2C1CCC1. The summed E-state index contributed by atoms with van der Waals surface area (Å²) in [4.78, 5) is 0. The lowest BCUT2D eigenvalue weighted by Gasteiger charge is -2.44. The second-order valence-electron chi connectivity index (χ2n) is 6.12. The van der Waals surface area contributed by atoms with E-state index in [1.54, 1.807) is 0 Å². The third-order valence-corrected chi connectivity index (χ3v) is 5.21. The molecule has 1 atom stereocenters. The minimum Gasteiger partial charge on any atom is -0.486 e. The van der Waals surface area contributed by atoms with Crippen molar-refractivity contribution in [2.75, 3.05) is 13.1 Å². The molecule has 1 aromatic carbocycles. The number of piperidine rings is 1. The number of para-hydroxylation sites is 1. The van der Waals surface area contributed by atoms with Gasteiger partial charge in [-0.15, -0.1) is 0 Å². The van der Waals surface area contributed by atoms with Gasteiger partial charge in [-0.1, -0.05) is 24.6 Å². The van der Waals surface area contributed by atoms with Crippen molar-refractivity contribution in [3.63, 3.8) is 0 Å². The quantitative estimate of drug-likeness (QED) is 0.818. The summed E-state index contributed by atoms with van der Waals surface area (Å²) < 4.78 is 6.46. The number of ether oxygens (including phenoxy) is 1. The van der Waals surface area contributed by atoms with E-state index in [0.29, 0.717) is 5.92 Å². The molecule has 2 heterocycles. The van der Waals surface area contributed by atoms with Crippen molar-refractivity contribution >= 4 is 0 Å². The van der Waals surface area contributed by atoms with E-state index in [2.05, 4.69) is 29.6 Å². The van der Waals surface area contributed by atoms with Gasteiger partial charge in [0.15, 0.2) is 0 Å². The monoisotopic (exact) mass is 243 g/mol. The Hall–Kier alpha value is -1.02. The van der Waals surface area contributed by atoms with Crippen molar-refractivity contribution in [2.24, 2.45) is 5.92 Å². The third-order valence-electron chi connectivity index (χ3n) is 5.21. The van der Waals surface area contributed by atoms with Crippen LogP contribution in [0, 0.1) is 5.92 Å². The third kappa shape index (κ3) is 1.45. The first-order valence-electron chi connectivity index (χ1n) is 7.38. The predicted octanol–water partition coefficient (Wildman–Crippen LogP) is 3.08. The highest BCUT2D eigenvalue weighted by Crippen LogP contribution is 2.56. The van der Waals surface area contributed by atoms with E-state index in [4.69, 9.17) is 4.74 Å². The molecule has 0 unspecified atom stereocenters. The Kier molecular flexibility index (Phi) is 2.41. The summed E-state index contributed by atoms with van der Waals surface area (Å²) in [7, 11) is 0. The zero-order valence-corrected chi connectivity index (χ0v) is 10.8. The second-order valence-corrected chi connectivity index (χ2v) is 6.12. The largest absolute Gasteiger partial charge is 0.486 e. The van der Waals surface area contributed by atoms with Crippen molar-refractivity contribution in [2.45, 2.75) is 43.6 Å². The van der Waals surface area contributed by atoms with Crippen molar-refractivity contribution in [1.82, 2.24) is 5.32 Å². The molecule has 1 aliphatic carbocycles. The van der Waals surface area contributed by atoms with E-state index >= 15 is 0 Å². The van der Waals surface area contributed by atoms with Crippen LogP contribution in [0.15, 0.2) is 24.3 Å². The highest BCUT2D eigenvalue weighted by atomic mass is 16.5. The van der Waals surface area contributed by atoms with Crippen molar-refractivity contribution in [3.8, 4) is 5.75 Å². The molecule has 1 spiro atoms. The van der Waals surface area contributed by atoms with Crippen LogP contribution in [0.25, 0.3) is 0 Å². The Morgan fingerprint density at radius 1 is 1.11 bits per heavy atom. The molecular formula is C16H21NO. The van der Waals surface area contributed by atoms with Crippen LogP contribution in [0.4, 0.5) is 0 Å². The molecule has 0 aromatic heterocycles. The van der Waals surface area contributed by atoms with Crippen LogP contribution < -0.4 is 10.1 Å². The smallest absolute Gasteiger partial charge is 0.123 e. The van der Waals surface area contributed by atoms with E-state index in [9.17, 15) is 0 Å². The van der Waals surface area contributed by atoms with Gasteiger partial charge in [-0.05, 0) is 37.9 Å². The van der Waals surface area contributed by atoms with Gasteiger partial charge in [-0.25, -0.2) is 0 Å². The highest BCUT2D eigenvalue weighted by molar-refractivity contribution is 5.44. The van der Waals surface area contributed by atoms with Crippen LogP contribution in [0.3, 0.4) is 0 Å². The van der Waals surface area contributed by atoms with Crippen LogP contribution in [0.1, 0.15) is 43.6 Å². The number of fused-ring (bicyclic) bond motifs is 1. The van der Waals surface area contributed by atoms with Gasteiger partial charge in [0.1, 0.15) is 11.4 Å². The van der Waals surface area contributed by atoms with Gasteiger partial charge < -0.3 is 10.1 Å². The fourth-order valence-corrected chi connectivity index (χ4v) is 4.12. The highest BCUT2D eigenvalue weighted by Gasteiger charge is 2.52. The van der Waals surface area contributed by atoms with Crippen LogP contribution in [-0.2, 0) is 0 Å². The van der Waals surface area contributed by atoms with Gasteiger partial charge in [-0.2, -0.15) is 0 Å². The first kappa shape index (κ1) is 10.9. The van der Waals surface area contributed by atoms with Crippen LogP contribution >= 0.6 is 0 Å². The molecule has 2 nitrogen and oxygen atoms in total. The van der Waals surface area contributed by atoms with E-state index in [1.165, 1.54) is 37.7 Å². The molecule has 2 heteroatoms. The van der Waals surface area contributed by atoms with E-state index in [1.807, 2.05) is 0 Å². The molecule has 1 saturated carbocycles. The maximum atomic E-state index is 6.46. The summed E-state index contributed by atoms with van der Waals surface area (Å²) in [5.74, 6) is 2.69. The lowest BCUT2D eigenvalue weighted by Crippen LogP contribution is -2.50. The van der Waals surface area contributed by atoms with E-state index < -0.39 is 0 Å². The Morgan fingerprint density at radius 3 is 2.61 bits per heavy atom. The molecule has 96 valence electrons. The number of benzene rings is 1. The topological polar surface area (TPSA) is 21.3 Å². The molecule has 1 N–H and O–H groups in total. The minimum absolute atomic E-state index is 0.111. The fraction of sp³-hybridized carbons (Fsp3) is 0.625. The Morgan fingerprint density at radius 2 is 1.89 bits per heavy atom. The molecule has 1 aromatic rings. The number of hydrogen-bond donors (Lipinski definition) is 1. The molecule has 2 fully saturated rings. The molecule has 1 saturated heterocycles.